The summed E-state index contributed by atoms with van der Waals surface area (Å²) in [6.07, 6.45) is 4.12. The molecule has 0 radical (unpaired) electrons. The summed E-state index contributed by atoms with van der Waals surface area (Å²) in [4.78, 5) is 19.0. The monoisotopic (exact) mass is 315 g/mol. The maximum Gasteiger partial charge on any atom is 0.212 e. The number of aryl methyl sites for hydroxylation is 1. The van der Waals surface area contributed by atoms with Crippen LogP contribution in [0.15, 0.2) is 36.7 Å². The number of carbonyl (C=O) groups is 1. The van der Waals surface area contributed by atoms with E-state index in [-0.39, 0.29) is 6.42 Å². The Hall–Kier alpha value is -2.83. The van der Waals surface area contributed by atoms with Crippen molar-refractivity contribution in [1.29, 1.82) is 0 Å². The molecular weight excluding hydrogens is 297 g/mol. The first-order valence-electron chi connectivity index (χ1n) is 7.38. The number of hydrogen-bond acceptors (Lipinski definition) is 4. The zero-order valence-corrected chi connectivity index (χ0v) is 13.0. The lowest BCUT2D eigenvalue weighted by molar-refractivity contribution is -0.105. The molecule has 0 fully saturated rings. The molecule has 23 heavy (non-hydrogen) atoms. The highest BCUT2D eigenvalue weighted by Crippen LogP contribution is 2.19. The smallest absolute Gasteiger partial charge is 0.212 e. The Morgan fingerprint density at radius 3 is 2.87 bits per heavy atom. The van der Waals surface area contributed by atoms with Crippen LogP contribution in [-0.2, 0) is 11.2 Å². The molecule has 0 aliphatic carbocycles. The molecule has 3 heterocycles. The lowest BCUT2D eigenvalue weighted by Crippen LogP contribution is -2.03. The number of carbonyl (C=O) groups excluding carboxylic acids is 1. The third-order valence-electron chi connectivity index (χ3n) is 3.02. The van der Waals surface area contributed by atoms with E-state index in [9.17, 15) is 9.18 Å². The minimum atomic E-state index is -0.451. The highest BCUT2D eigenvalue weighted by molar-refractivity contribution is 5.83. The van der Waals surface area contributed by atoms with Crippen molar-refractivity contribution in [3.8, 4) is 5.82 Å². The van der Waals surface area contributed by atoms with E-state index in [0.29, 0.717) is 23.7 Å². The summed E-state index contributed by atoms with van der Waals surface area (Å²) in [7, 11) is 0. The van der Waals surface area contributed by atoms with Crippen LogP contribution in [0.1, 0.15) is 19.5 Å². The molecular formula is C16H18FN5O. The normalized spacial score (nSPS) is 10.0. The van der Waals surface area contributed by atoms with Crippen LogP contribution in [0, 0.1) is 0 Å². The lowest BCUT2D eigenvalue weighted by Gasteiger charge is -2.05. The number of halogens is 1. The van der Waals surface area contributed by atoms with Gasteiger partial charge in [0.2, 0.25) is 6.41 Å². The summed E-state index contributed by atoms with van der Waals surface area (Å²) in [5.41, 5.74) is 1.43. The topological polar surface area (TPSA) is 72.7 Å². The molecule has 3 aromatic rings. The minimum absolute atomic E-state index is 0.270. The predicted molar refractivity (Wildman–Crippen MR) is 87.4 cm³/mol. The highest BCUT2D eigenvalue weighted by atomic mass is 19.1. The Morgan fingerprint density at radius 1 is 1.30 bits per heavy atom. The van der Waals surface area contributed by atoms with Gasteiger partial charge in [-0.25, -0.2) is 14.6 Å². The molecule has 0 bridgehead atoms. The number of amides is 1. The van der Waals surface area contributed by atoms with Gasteiger partial charge in [0.05, 0.1) is 18.4 Å². The van der Waals surface area contributed by atoms with Crippen LogP contribution >= 0.6 is 0 Å². The number of alkyl halides is 1. The molecule has 0 atom stereocenters. The van der Waals surface area contributed by atoms with Gasteiger partial charge in [0.1, 0.15) is 5.82 Å². The first-order chi connectivity index (χ1) is 11.3. The van der Waals surface area contributed by atoms with Gasteiger partial charge in [0, 0.05) is 29.8 Å². The Balaban J connectivity index is 0.000000924. The first kappa shape index (κ1) is 16.5. The molecule has 1 N–H and O–H groups in total. The fourth-order valence-electron chi connectivity index (χ4n) is 2.06. The molecule has 1 amide bonds. The van der Waals surface area contributed by atoms with E-state index in [1.54, 1.807) is 35.3 Å². The largest absolute Gasteiger partial charge is 0.313 e. The molecule has 3 rings (SSSR count). The van der Waals surface area contributed by atoms with Crippen molar-refractivity contribution < 1.29 is 9.18 Å². The van der Waals surface area contributed by atoms with E-state index in [4.69, 9.17) is 0 Å². The molecule has 120 valence electrons. The minimum Gasteiger partial charge on any atom is -0.313 e. The van der Waals surface area contributed by atoms with Crippen molar-refractivity contribution in [2.75, 3.05) is 12.0 Å². The van der Waals surface area contributed by atoms with Gasteiger partial charge < -0.3 is 5.32 Å². The Kier molecular flexibility index (Phi) is 5.74. The number of aromatic nitrogens is 4. The van der Waals surface area contributed by atoms with E-state index in [1.165, 1.54) is 0 Å². The van der Waals surface area contributed by atoms with Crippen molar-refractivity contribution in [3.63, 3.8) is 0 Å². The van der Waals surface area contributed by atoms with Gasteiger partial charge in [-0.3, -0.25) is 9.18 Å². The van der Waals surface area contributed by atoms with Crippen LogP contribution in [0.25, 0.3) is 16.7 Å². The van der Waals surface area contributed by atoms with Gasteiger partial charge in [-0.15, -0.1) is 0 Å². The van der Waals surface area contributed by atoms with Crippen molar-refractivity contribution in [3.05, 3.63) is 42.4 Å². The maximum absolute atomic E-state index is 12.4. The fourth-order valence-corrected chi connectivity index (χ4v) is 2.06. The summed E-state index contributed by atoms with van der Waals surface area (Å²) in [5, 5.41) is 7.59. The molecule has 0 unspecified atom stereocenters. The summed E-state index contributed by atoms with van der Waals surface area (Å²) in [6.45, 7) is 3.55. The SMILES string of the molecule is CC.O=CNc1cc2c(cn1)cnn2-c1cccc(CCF)n1. The number of rotatable bonds is 5. The predicted octanol–water partition coefficient (Wildman–Crippen LogP) is 2.92. The molecule has 7 heteroatoms. The van der Waals surface area contributed by atoms with Crippen LogP contribution in [0.2, 0.25) is 0 Å². The maximum atomic E-state index is 12.4. The van der Waals surface area contributed by atoms with Crippen molar-refractivity contribution >= 4 is 23.1 Å². The van der Waals surface area contributed by atoms with Gasteiger partial charge in [-0.2, -0.15) is 5.10 Å². The van der Waals surface area contributed by atoms with Gasteiger partial charge >= 0.3 is 0 Å². The number of nitrogens with zero attached hydrogens (tertiary/aromatic N) is 4. The van der Waals surface area contributed by atoms with E-state index in [2.05, 4.69) is 20.4 Å². The van der Waals surface area contributed by atoms with Crippen molar-refractivity contribution in [2.45, 2.75) is 20.3 Å². The Bertz CT molecular complexity index is 787. The van der Waals surface area contributed by atoms with Gasteiger partial charge in [0.15, 0.2) is 5.82 Å². The lowest BCUT2D eigenvalue weighted by atomic mass is 10.3. The zero-order chi connectivity index (χ0) is 16.7. The summed E-state index contributed by atoms with van der Waals surface area (Å²) >= 11 is 0. The molecule has 0 saturated heterocycles. The van der Waals surface area contributed by atoms with Crippen LogP contribution in [-0.4, -0.2) is 32.8 Å². The standard InChI is InChI=1S/C14H12FN5O.C2H6/c15-5-4-11-2-1-3-14(19-11)20-12-6-13(17-9-21)16-7-10(12)8-18-20;1-2/h1-3,6-9H,4-5H2,(H,16,17,21);1-2H3. The highest BCUT2D eigenvalue weighted by Gasteiger charge is 2.08. The molecule has 0 aromatic carbocycles. The number of pyridine rings is 2. The molecule has 0 aliphatic rings. The number of nitrogens with one attached hydrogen (secondary N) is 1. The fraction of sp³-hybridized carbons (Fsp3) is 0.250. The Labute approximate surface area is 133 Å². The third kappa shape index (κ3) is 3.68. The zero-order valence-electron chi connectivity index (χ0n) is 13.0. The van der Waals surface area contributed by atoms with Crippen molar-refractivity contribution in [1.82, 2.24) is 19.7 Å². The van der Waals surface area contributed by atoms with E-state index >= 15 is 0 Å². The number of fused-ring (bicyclic) bond motifs is 1. The van der Waals surface area contributed by atoms with Crippen LogP contribution in [0.4, 0.5) is 10.2 Å². The summed E-state index contributed by atoms with van der Waals surface area (Å²) < 4.78 is 14.1. The van der Waals surface area contributed by atoms with Gasteiger partial charge in [-0.1, -0.05) is 19.9 Å². The van der Waals surface area contributed by atoms with Crippen LogP contribution in [0.3, 0.4) is 0 Å². The van der Waals surface area contributed by atoms with Crippen LogP contribution < -0.4 is 5.32 Å². The van der Waals surface area contributed by atoms with Gasteiger partial charge in [-0.05, 0) is 12.1 Å². The average Bonchev–Trinajstić information content (AvgIpc) is 3.01. The van der Waals surface area contributed by atoms with Crippen LogP contribution in [0.5, 0.6) is 0 Å². The number of anilines is 1. The molecule has 0 aliphatic heterocycles. The van der Waals surface area contributed by atoms with E-state index in [0.717, 1.165) is 10.9 Å². The second-order valence-corrected chi connectivity index (χ2v) is 4.37. The first-order valence-corrected chi connectivity index (χ1v) is 7.38. The Morgan fingerprint density at radius 2 is 2.13 bits per heavy atom. The quantitative estimate of drug-likeness (QED) is 0.735. The second-order valence-electron chi connectivity index (χ2n) is 4.37. The molecule has 6 nitrogen and oxygen atoms in total. The average molecular weight is 315 g/mol. The van der Waals surface area contributed by atoms with E-state index in [1.807, 2.05) is 19.9 Å². The van der Waals surface area contributed by atoms with Gasteiger partial charge in [0.25, 0.3) is 0 Å². The summed E-state index contributed by atoms with van der Waals surface area (Å²) in [6, 6.07) is 7.09. The molecule has 3 aromatic heterocycles. The molecule has 0 spiro atoms. The third-order valence-corrected chi connectivity index (χ3v) is 3.02. The second kappa shape index (κ2) is 7.98. The number of hydrogen-bond donors (Lipinski definition) is 1. The van der Waals surface area contributed by atoms with E-state index < -0.39 is 6.67 Å². The summed E-state index contributed by atoms with van der Waals surface area (Å²) in [5.74, 6) is 1.03. The molecule has 0 saturated carbocycles. The van der Waals surface area contributed by atoms with Crippen molar-refractivity contribution in [2.24, 2.45) is 0 Å².